The Morgan fingerprint density at radius 1 is 1.22 bits per heavy atom. The average Bonchev–Trinajstić information content (AvgIpc) is 2.75. The molecule has 0 bridgehead atoms. The molecular formula is C27H33Cl2NO2. The maximum atomic E-state index is 13.2. The number of aliphatic hydroxyl groups is 1. The van der Waals surface area contributed by atoms with Gasteiger partial charge in [-0.2, -0.15) is 0 Å². The van der Waals surface area contributed by atoms with Crippen LogP contribution in [0, 0.1) is 16.7 Å². The molecular weight excluding hydrogens is 441 g/mol. The number of rotatable bonds is 7. The lowest BCUT2D eigenvalue weighted by Gasteiger charge is -2.49. The highest BCUT2D eigenvalue weighted by Crippen LogP contribution is 2.49. The van der Waals surface area contributed by atoms with Crippen LogP contribution in [-0.2, 0) is 4.79 Å². The van der Waals surface area contributed by atoms with Gasteiger partial charge in [0.15, 0.2) is 0 Å². The van der Waals surface area contributed by atoms with Crippen LogP contribution >= 0.6 is 23.2 Å². The van der Waals surface area contributed by atoms with E-state index in [9.17, 15) is 9.90 Å². The molecule has 2 N–H and O–H groups in total. The average molecular weight is 474 g/mol. The molecule has 5 atom stereocenters. The first kappa shape index (κ1) is 24.8. The van der Waals surface area contributed by atoms with Gasteiger partial charge in [-0.05, 0) is 59.6 Å². The number of carbonyl (C=O) groups is 1. The zero-order valence-corrected chi connectivity index (χ0v) is 20.8. The van der Waals surface area contributed by atoms with Crippen molar-refractivity contribution in [2.24, 2.45) is 16.7 Å². The largest absolute Gasteiger partial charge is 0.388 e. The number of amides is 1. The number of allylic oxidation sites excluding steroid dienone is 1. The Morgan fingerprint density at radius 2 is 1.88 bits per heavy atom. The van der Waals surface area contributed by atoms with Crippen LogP contribution in [0.25, 0.3) is 0 Å². The second kappa shape index (κ2) is 9.59. The first-order valence-electron chi connectivity index (χ1n) is 11.1. The molecule has 1 heterocycles. The zero-order chi connectivity index (χ0) is 23.7. The minimum atomic E-state index is -0.715. The number of carbonyl (C=O) groups excluding carboxylic acids is 1. The highest BCUT2D eigenvalue weighted by molar-refractivity contribution is 6.30. The summed E-state index contributed by atoms with van der Waals surface area (Å²) in [6, 6.07) is 15.0. The van der Waals surface area contributed by atoms with E-state index >= 15 is 0 Å². The van der Waals surface area contributed by atoms with Gasteiger partial charge >= 0.3 is 0 Å². The van der Waals surface area contributed by atoms with Crippen molar-refractivity contribution in [3.8, 4) is 0 Å². The highest BCUT2D eigenvalue weighted by atomic mass is 35.5. The lowest BCUT2D eigenvalue weighted by molar-refractivity contribution is -0.136. The minimum Gasteiger partial charge on any atom is -0.388 e. The minimum absolute atomic E-state index is 0.0318. The predicted molar refractivity (Wildman–Crippen MR) is 133 cm³/mol. The van der Waals surface area contributed by atoms with E-state index in [2.05, 4.69) is 38.7 Å². The molecule has 0 spiro atoms. The Bertz CT molecular complexity index is 972. The maximum Gasteiger partial charge on any atom is 0.226 e. The fraction of sp³-hybridized carbons (Fsp3) is 0.444. The number of piperidine rings is 1. The Kier molecular flexibility index (Phi) is 7.44. The topological polar surface area (TPSA) is 49.3 Å². The molecule has 3 rings (SSSR count). The Labute approximate surface area is 201 Å². The summed E-state index contributed by atoms with van der Waals surface area (Å²) in [7, 11) is 0. The van der Waals surface area contributed by atoms with E-state index in [1.54, 1.807) is 12.1 Å². The summed E-state index contributed by atoms with van der Waals surface area (Å²) in [6.45, 7) is 12.1. The molecule has 1 amide bonds. The van der Waals surface area contributed by atoms with Crippen LogP contribution in [0.1, 0.15) is 63.7 Å². The molecule has 1 unspecified atom stereocenters. The first-order chi connectivity index (χ1) is 15.0. The van der Waals surface area contributed by atoms with E-state index in [-0.39, 0.29) is 23.8 Å². The maximum absolute atomic E-state index is 13.2. The van der Waals surface area contributed by atoms with E-state index in [0.29, 0.717) is 22.9 Å². The first-order valence-corrected chi connectivity index (χ1v) is 11.9. The normalized spacial score (nSPS) is 25.7. The summed E-state index contributed by atoms with van der Waals surface area (Å²) in [4.78, 5) is 13.2. The van der Waals surface area contributed by atoms with E-state index in [1.807, 2.05) is 43.3 Å². The van der Waals surface area contributed by atoms with Crippen LogP contribution in [0.15, 0.2) is 61.2 Å². The second-order valence-electron chi connectivity index (χ2n) is 9.98. The molecule has 2 aromatic rings. The van der Waals surface area contributed by atoms with E-state index in [0.717, 1.165) is 11.1 Å². The zero-order valence-electron chi connectivity index (χ0n) is 19.2. The van der Waals surface area contributed by atoms with Crippen LogP contribution in [0.5, 0.6) is 0 Å². The van der Waals surface area contributed by atoms with Gasteiger partial charge in [-0.25, -0.2) is 0 Å². The van der Waals surface area contributed by atoms with Gasteiger partial charge in [-0.15, -0.1) is 6.58 Å². The number of aliphatic hydroxyl groups excluding tert-OH is 1. The Hall–Kier alpha value is -1.81. The quantitative estimate of drug-likeness (QED) is 0.427. The van der Waals surface area contributed by atoms with Crippen LogP contribution in [0.4, 0.5) is 0 Å². The van der Waals surface area contributed by atoms with E-state index in [4.69, 9.17) is 23.2 Å². The molecule has 172 valence electrons. The van der Waals surface area contributed by atoms with Crippen LogP contribution in [0.3, 0.4) is 0 Å². The van der Waals surface area contributed by atoms with Crippen molar-refractivity contribution >= 4 is 29.1 Å². The number of benzene rings is 2. The van der Waals surface area contributed by atoms with Gasteiger partial charge in [-0.3, -0.25) is 4.79 Å². The molecule has 1 fully saturated rings. The number of hydrogen-bond acceptors (Lipinski definition) is 2. The van der Waals surface area contributed by atoms with Crippen molar-refractivity contribution in [1.82, 2.24) is 5.32 Å². The van der Waals surface area contributed by atoms with Gasteiger partial charge in [-0.1, -0.05) is 81.2 Å². The molecule has 0 aromatic heterocycles. The van der Waals surface area contributed by atoms with Crippen LogP contribution < -0.4 is 5.32 Å². The molecule has 1 aliphatic heterocycles. The van der Waals surface area contributed by atoms with Crippen molar-refractivity contribution in [3.63, 3.8) is 0 Å². The SMILES string of the molecule is C=CC[C@@]1(C)C[C@H](c2cccc(Cl)c2)[C@H](C(C)C(C)(C)[C@H](O)c2ccc(Cl)cc2)NC1=O. The summed E-state index contributed by atoms with van der Waals surface area (Å²) in [5.41, 5.74) is 0.851. The lowest BCUT2D eigenvalue weighted by Crippen LogP contribution is -2.58. The van der Waals surface area contributed by atoms with Crippen molar-refractivity contribution in [1.29, 1.82) is 0 Å². The van der Waals surface area contributed by atoms with E-state index in [1.165, 1.54) is 0 Å². The third-order valence-electron chi connectivity index (χ3n) is 7.42. The van der Waals surface area contributed by atoms with Crippen molar-refractivity contribution in [3.05, 3.63) is 82.4 Å². The monoisotopic (exact) mass is 473 g/mol. The number of nitrogens with one attached hydrogen (secondary N) is 1. The Morgan fingerprint density at radius 3 is 2.47 bits per heavy atom. The standard InChI is InChI=1S/C27H33Cl2NO2/c1-6-14-27(5)16-22(19-8-7-9-21(29)15-19)23(30-25(27)32)17(2)26(3,4)24(31)18-10-12-20(28)13-11-18/h6-13,15,17,22-24,31H,1,14,16H2,2-5H3,(H,30,32)/t17?,22-,23+,24-,27+/m1/s1. The van der Waals surface area contributed by atoms with E-state index < -0.39 is 16.9 Å². The summed E-state index contributed by atoms with van der Waals surface area (Å²) in [5, 5.41) is 15.9. The van der Waals surface area contributed by atoms with Crippen molar-refractivity contribution in [2.45, 2.75) is 58.6 Å². The molecule has 0 saturated carbocycles. The van der Waals surface area contributed by atoms with Gasteiger partial charge in [0.05, 0.1) is 11.5 Å². The highest BCUT2D eigenvalue weighted by Gasteiger charge is 2.49. The summed E-state index contributed by atoms with van der Waals surface area (Å²) in [6.07, 6.45) is 2.39. The van der Waals surface area contributed by atoms with Gasteiger partial charge in [0.25, 0.3) is 0 Å². The van der Waals surface area contributed by atoms with Gasteiger partial charge in [0.2, 0.25) is 5.91 Å². The van der Waals surface area contributed by atoms with Crippen LogP contribution in [-0.4, -0.2) is 17.1 Å². The van der Waals surface area contributed by atoms with Crippen molar-refractivity contribution < 1.29 is 9.90 Å². The lowest BCUT2D eigenvalue weighted by atomic mass is 9.62. The summed E-state index contributed by atoms with van der Waals surface area (Å²) in [5.74, 6) is 0.0572. The molecule has 5 heteroatoms. The van der Waals surface area contributed by atoms with Gasteiger partial charge in [0.1, 0.15) is 0 Å². The van der Waals surface area contributed by atoms with Crippen molar-refractivity contribution in [2.75, 3.05) is 0 Å². The van der Waals surface area contributed by atoms with Gasteiger partial charge in [0, 0.05) is 22.0 Å². The molecule has 0 aliphatic carbocycles. The second-order valence-corrected chi connectivity index (χ2v) is 10.9. The third kappa shape index (κ3) is 4.90. The molecule has 32 heavy (non-hydrogen) atoms. The fourth-order valence-corrected chi connectivity index (χ4v) is 5.27. The molecule has 2 aromatic carbocycles. The van der Waals surface area contributed by atoms with Gasteiger partial charge < -0.3 is 10.4 Å². The summed E-state index contributed by atoms with van der Waals surface area (Å²) < 4.78 is 0. The Balaban J connectivity index is 1.98. The molecule has 3 nitrogen and oxygen atoms in total. The molecule has 1 aliphatic rings. The fourth-order valence-electron chi connectivity index (χ4n) is 4.95. The number of hydrogen-bond donors (Lipinski definition) is 2. The number of halogens is 2. The van der Waals surface area contributed by atoms with Crippen LogP contribution in [0.2, 0.25) is 10.0 Å². The molecule has 1 saturated heterocycles. The predicted octanol–water partition coefficient (Wildman–Crippen LogP) is 6.94. The smallest absolute Gasteiger partial charge is 0.226 e. The summed E-state index contributed by atoms with van der Waals surface area (Å²) >= 11 is 12.4. The molecule has 0 radical (unpaired) electrons. The third-order valence-corrected chi connectivity index (χ3v) is 7.91.